The maximum Gasteiger partial charge on any atom is 0.437 e. The van der Waals surface area contributed by atoms with Gasteiger partial charge in [-0.25, -0.2) is 4.79 Å². The zero-order valence-corrected chi connectivity index (χ0v) is 9.57. The van der Waals surface area contributed by atoms with E-state index in [2.05, 4.69) is 5.10 Å². The molecule has 1 aromatic carbocycles. The van der Waals surface area contributed by atoms with Gasteiger partial charge in [0, 0.05) is 11.9 Å². The lowest BCUT2D eigenvalue weighted by Gasteiger charge is -2.00. The van der Waals surface area contributed by atoms with Crippen molar-refractivity contribution in [3.05, 3.63) is 51.3 Å². The van der Waals surface area contributed by atoms with Crippen LogP contribution in [0.15, 0.2) is 33.5 Å². The summed E-state index contributed by atoms with van der Waals surface area (Å²) >= 11 is 5.77. The fourth-order valence-electron chi connectivity index (χ4n) is 1.44. The molecule has 0 spiro atoms. The van der Waals surface area contributed by atoms with Gasteiger partial charge in [0.25, 0.3) is 0 Å². The second-order valence-corrected chi connectivity index (χ2v) is 3.92. The molecule has 0 unspecified atom stereocenters. The molecule has 2 rings (SSSR count). The first kappa shape index (κ1) is 11.0. The van der Waals surface area contributed by atoms with Crippen LogP contribution in [0.5, 0.6) is 0 Å². The minimum absolute atomic E-state index is 0.390. The van der Waals surface area contributed by atoms with Gasteiger partial charge in [-0.2, -0.15) is 4.68 Å². The van der Waals surface area contributed by atoms with Crippen LogP contribution in [0, 0.1) is 6.92 Å². The van der Waals surface area contributed by atoms with Gasteiger partial charge in [0.2, 0.25) is 5.89 Å². The number of rotatable bonds is 3. The minimum atomic E-state index is -0.411. The number of halogens is 1. The largest absolute Gasteiger partial charge is 0.437 e. The zero-order chi connectivity index (χ0) is 11.5. The maximum atomic E-state index is 11.2. The molecule has 4 nitrogen and oxygen atoms in total. The molecule has 84 valence electrons. The highest BCUT2D eigenvalue weighted by Crippen LogP contribution is 2.10. The second kappa shape index (κ2) is 4.53. The Morgan fingerprint density at radius 2 is 2.06 bits per heavy atom. The van der Waals surface area contributed by atoms with E-state index in [9.17, 15) is 4.79 Å². The summed E-state index contributed by atoms with van der Waals surface area (Å²) in [6, 6.07) is 7.52. The van der Waals surface area contributed by atoms with Crippen molar-refractivity contribution < 1.29 is 4.42 Å². The molecule has 1 heterocycles. The highest BCUT2D eigenvalue weighted by atomic mass is 35.5. The molecule has 0 N–H and O–H groups in total. The monoisotopic (exact) mass is 238 g/mol. The van der Waals surface area contributed by atoms with Crippen molar-refractivity contribution in [2.24, 2.45) is 0 Å². The van der Waals surface area contributed by atoms with Crippen LogP contribution >= 0.6 is 11.6 Å². The molecule has 16 heavy (non-hydrogen) atoms. The second-order valence-electron chi connectivity index (χ2n) is 3.49. The first-order valence-corrected chi connectivity index (χ1v) is 5.32. The van der Waals surface area contributed by atoms with Gasteiger partial charge < -0.3 is 4.42 Å². The van der Waals surface area contributed by atoms with Gasteiger partial charge in [-0.3, -0.25) is 0 Å². The molecule has 0 aliphatic rings. The van der Waals surface area contributed by atoms with Crippen molar-refractivity contribution in [2.75, 3.05) is 0 Å². The molecule has 0 radical (unpaired) electrons. The van der Waals surface area contributed by atoms with E-state index in [1.54, 1.807) is 6.92 Å². The van der Waals surface area contributed by atoms with Crippen LogP contribution in [0.3, 0.4) is 0 Å². The molecule has 5 heteroatoms. The third-order valence-electron chi connectivity index (χ3n) is 2.23. The first-order chi connectivity index (χ1) is 7.65. The maximum absolute atomic E-state index is 11.2. The number of hydrogen-bond donors (Lipinski definition) is 0. The Kier molecular flexibility index (Phi) is 3.10. The van der Waals surface area contributed by atoms with Crippen LogP contribution in [-0.4, -0.2) is 9.78 Å². The Morgan fingerprint density at radius 1 is 1.38 bits per heavy atom. The Morgan fingerprint density at radius 3 is 2.62 bits per heavy atom. The number of hydrogen-bond acceptors (Lipinski definition) is 3. The van der Waals surface area contributed by atoms with Gasteiger partial charge in [0.1, 0.15) is 0 Å². The average Bonchev–Trinajstić information content (AvgIpc) is 2.57. The molecular formula is C11H11ClN2O2. The standard InChI is InChI=1S/C11H11ClN2O2/c1-8-13-14(11(15)16-8)7-6-9-2-4-10(12)5-3-9/h2-5H,6-7H2,1H3. The number of nitrogens with zero attached hydrogens (tertiary/aromatic N) is 2. The summed E-state index contributed by atoms with van der Waals surface area (Å²) in [6.45, 7) is 2.16. The van der Waals surface area contributed by atoms with Crippen molar-refractivity contribution in [1.82, 2.24) is 9.78 Å². The van der Waals surface area contributed by atoms with Crippen molar-refractivity contribution in [2.45, 2.75) is 19.9 Å². The first-order valence-electron chi connectivity index (χ1n) is 4.94. The van der Waals surface area contributed by atoms with Crippen LogP contribution in [0.2, 0.25) is 5.02 Å². The average molecular weight is 239 g/mol. The normalized spacial score (nSPS) is 10.6. The number of benzene rings is 1. The van der Waals surface area contributed by atoms with E-state index in [4.69, 9.17) is 16.0 Å². The lowest BCUT2D eigenvalue weighted by molar-refractivity contribution is 0.458. The summed E-state index contributed by atoms with van der Waals surface area (Å²) in [7, 11) is 0. The van der Waals surface area contributed by atoms with Gasteiger partial charge in [0.15, 0.2) is 0 Å². The minimum Gasteiger partial charge on any atom is -0.393 e. The lowest BCUT2D eigenvalue weighted by atomic mass is 10.1. The van der Waals surface area contributed by atoms with E-state index in [1.807, 2.05) is 24.3 Å². The molecule has 0 atom stereocenters. The van der Waals surface area contributed by atoms with E-state index >= 15 is 0 Å². The van der Waals surface area contributed by atoms with Crippen molar-refractivity contribution in [1.29, 1.82) is 0 Å². The highest BCUT2D eigenvalue weighted by Gasteiger charge is 2.03. The summed E-state index contributed by atoms with van der Waals surface area (Å²) in [5.41, 5.74) is 1.11. The van der Waals surface area contributed by atoms with E-state index < -0.39 is 5.76 Å². The topological polar surface area (TPSA) is 48.0 Å². The fraction of sp³-hybridized carbons (Fsp3) is 0.273. The van der Waals surface area contributed by atoms with Gasteiger partial charge in [-0.15, -0.1) is 5.10 Å². The van der Waals surface area contributed by atoms with Crippen LogP contribution in [0.1, 0.15) is 11.5 Å². The predicted octanol–water partition coefficient (Wildman–Crippen LogP) is 2.04. The van der Waals surface area contributed by atoms with Gasteiger partial charge >= 0.3 is 5.76 Å². The molecule has 1 aromatic heterocycles. The van der Waals surface area contributed by atoms with Gasteiger partial charge in [0.05, 0.1) is 6.54 Å². The van der Waals surface area contributed by atoms with Crippen molar-refractivity contribution in [3.63, 3.8) is 0 Å². The SMILES string of the molecule is Cc1nn(CCc2ccc(Cl)cc2)c(=O)o1. The lowest BCUT2D eigenvalue weighted by Crippen LogP contribution is -2.17. The molecule has 0 fully saturated rings. The van der Waals surface area contributed by atoms with Crippen LogP contribution in [0.4, 0.5) is 0 Å². The highest BCUT2D eigenvalue weighted by molar-refractivity contribution is 6.30. The van der Waals surface area contributed by atoms with E-state index in [-0.39, 0.29) is 0 Å². The molecule has 0 aliphatic carbocycles. The van der Waals surface area contributed by atoms with Crippen molar-refractivity contribution in [3.8, 4) is 0 Å². The molecule has 0 amide bonds. The molecular weight excluding hydrogens is 228 g/mol. The third kappa shape index (κ3) is 2.52. The molecule has 0 saturated carbocycles. The van der Waals surface area contributed by atoms with Crippen LogP contribution < -0.4 is 5.76 Å². The third-order valence-corrected chi connectivity index (χ3v) is 2.48. The molecule has 0 bridgehead atoms. The number of aryl methyl sites for hydroxylation is 3. The van der Waals surface area contributed by atoms with Crippen LogP contribution in [0.25, 0.3) is 0 Å². The Balaban J connectivity index is 2.05. The fourth-order valence-corrected chi connectivity index (χ4v) is 1.56. The van der Waals surface area contributed by atoms with Gasteiger partial charge in [-0.05, 0) is 24.1 Å². The Bertz CT molecular complexity index is 528. The molecule has 0 aliphatic heterocycles. The zero-order valence-electron chi connectivity index (χ0n) is 8.81. The Labute approximate surface area is 97.5 Å². The Hall–Kier alpha value is -1.55. The van der Waals surface area contributed by atoms with E-state index in [1.165, 1.54) is 4.68 Å². The van der Waals surface area contributed by atoms with Crippen molar-refractivity contribution >= 4 is 11.6 Å². The quantitative estimate of drug-likeness (QED) is 0.822. The molecule has 0 saturated heterocycles. The van der Waals surface area contributed by atoms with Gasteiger partial charge in [-0.1, -0.05) is 23.7 Å². The van der Waals surface area contributed by atoms with Crippen LogP contribution in [-0.2, 0) is 13.0 Å². The van der Waals surface area contributed by atoms with E-state index in [0.717, 1.165) is 12.0 Å². The summed E-state index contributed by atoms with van der Waals surface area (Å²) in [5, 5.41) is 4.66. The summed E-state index contributed by atoms with van der Waals surface area (Å²) in [5.74, 6) is -0.0208. The summed E-state index contributed by atoms with van der Waals surface area (Å²) in [6.07, 6.45) is 0.725. The molecule has 2 aromatic rings. The smallest absolute Gasteiger partial charge is 0.393 e. The van der Waals surface area contributed by atoms with E-state index in [0.29, 0.717) is 17.5 Å². The number of aromatic nitrogens is 2. The summed E-state index contributed by atoms with van der Waals surface area (Å²) in [4.78, 5) is 11.2. The predicted molar refractivity (Wildman–Crippen MR) is 60.7 cm³/mol. The summed E-state index contributed by atoms with van der Waals surface area (Å²) < 4.78 is 6.12.